The first-order valence-electron chi connectivity index (χ1n) is 6.85. The van der Waals surface area contributed by atoms with Crippen LogP contribution in [0.5, 0.6) is 0 Å². The Balaban J connectivity index is 2.00. The van der Waals surface area contributed by atoms with E-state index in [0.717, 1.165) is 31.4 Å². The summed E-state index contributed by atoms with van der Waals surface area (Å²) in [5, 5.41) is 0. The average Bonchev–Trinajstić information content (AvgIpc) is 2.45. The molecule has 0 aliphatic carbocycles. The third-order valence-corrected chi connectivity index (χ3v) is 3.60. The molecule has 1 aromatic carbocycles. The smallest absolute Gasteiger partial charge is 0.246 e. The maximum Gasteiger partial charge on any atom is 0.246 e. The molecular weight excluding hydrogens is 222 g/mol. The van der Waals surface area contributed by atoms with E-state index in [1.807, 2.05) is 41.3 Å². The van der Waals surface area contributed by atoms with Gasteiger partial charge in [0.05, 0.1) is 0 Å². The summed E-state index contributed by atoms with van der Waals surface area (Å²) >= 11 is 0. The van der Waals surface area contributed by atoms with E-state index in [4.69, 9.17) is 0 Å². The Hall–Kier alpha value is -1.57. The minimum absolute atomic E-state index is 0.158. The normalized spacial score (nSPS) is 20.3. The van der Waals surface area contributed by atoms with Crippen molar-refractivity contribution in [1.29, 1.82) is 0 Å². The van der Waals surface area contributed by atoms with E-state index in [2.05, 4.69) is 6.92 Å². The molecule has 18 heavy (non-hydrogen) atoms. The standard InChI is InChI=1S/C16H21NO/c1-2-15-10-6-7-13-17(15)16(18)12-11-14-8-4-3-5-9-14/h3-5,8-9,11-12,15H,2,6-7,10,13H2,1H3/b12-11+/t15-/m0/s1. The van der Waals surface area contributed by atoms with Crippen molar-refractivity contribution in [3.63, 3.8) is 0 Å². The molecule has 1 amide bonds. The van der Waals surface area contributed by atoms with Crippen molar-refractivity contribution >= 4 is 12.0 Å². The molecule has 0 spiro atoms. The van der Waals surface area contributed by atoms with Gasteiger partial charge in [-0.3, -0.25) is 4.79 Å². The van der Waals surface area contributed by atoms with Crippen LogP contribution in [0.2, 0.25) is 0 Å². The van der Waals surface area contributed by atoms with E-state index in [1.54, 1.807) is 6.08 Å². The number of hydrogen-bond acceptors (Lipinski definition) is 1. The highest BCUT2D eigenvalue weighted by atomic mass is 16.2. The molecule has 1 aliphatic heterocycles. The lowest BCUT2D eigenvalue weighted by molar-refractivity contribution is -0.129. The predicted molar refractivity (Wildman–Crippen MR) is 75.1 cm³/mol. The number of likely N-dealkylation sites (tertiary alicyclic amines) is 1. The third kappa shape index (κ3) is 3.22. The quantitative estimate of drug-likeness (QED) is 0.744. The first-order chi connectivity index (χ1) is 8.81. The van der Waals surface area contributed by atoms with Gasteiger partial charge in [0.2, 0.25) is 5.91 Å². The zero-order valence-electron chi connectivity index (χ0n) is 11.0. The Labute approximate surface area is 109 Å². The Morgan fingerprint density at radius 3 is 2.83 bits per heavy atom. The molecule has 96 valence electrons. The van der Waals surface area contributed by atoms with Crippen LogP contribution in [0.25, 0.3) is 6.08 Å². The number of piperidine rings is 1. The fraction of sp³-hybridized carbons (Fsp3) is 0.438. The molecular formula is C16H21NO. The Morgan fingerprint density at radius 2 is 2.11 bits per heavy atom. The minimum Gasteiger partial charge on any atom is -0.336 e. The summed E-state index contributed by atoms with van der Waals surface area (Å²) in [6, 6.07) is 10.4. The summed E-state index contributed by atoms with van der Waals surface area (Å²) in [5.74, 6) is 0.158. The molecule has 1 atom stereocenters. The number of rotatable bonds is 3. The Morgan fingerprint density at radius 1 is 1.33 bits per heavy atom. The van der Waals surface area contributed by atoms with E-state index in [1.165, 1.54) is 6.42 Å². The second-order valence-electron chi connectivity index (χ2n) is 4.83. The van der Waals surface area contributed by atoms with Crippen molar-refractivity contribution in [2.75, 3.05) is 6.54 Å². The van der Waals surface area contributed by atoms with E-state index < -0.39 is 0 Å². The fourth-order valence-corrected chi connectivity index (χ4v) is 2.54. The summed E-state index contributed by atoms with van der Waals surface area (Å²) in [4.78, 5) is 14.2. The topological polar surface area (TPSA) is 20.3 Å². The van der Waals surface area contributed by atoms with Crippen LogP contribution >= 0.6 is 0 Å². The molecule has 1 heterocycles. The molecule has 0 N–H and O–H groups in total. The molecule has 2 rings (SSSR count). The number of benzene rings is 1. The van der Waals surface area contributed by atoms with E-state index >= 15 is 0 Å². The lowest BCUT2D eigenvalue weighted by Gasteiger charge is -2.34. The van der Waals surface area contributed by atoms with E-state index in [9.17, 15) is 4.79 Å². The summed E-state index contributed by atoms with van der Waals surface area (Å²) in [5.41, 5.74) is 1.08. The highest BCUT2D eigenvalue weighted by Gasteiger charge is 2.23. The van der Waals surface area contributed by atoms with Gasteiger partial charge in [-0.15, -0.1) is 0 Å². The third-order valence-electron chi connectivity index (χ3n) is 3.60. The molecule has 1 saturated heterocycles. The summed E-state index contributed by atoms with van der Waals surface area (Å²) in [7, 11) is 0. The molecule has 2 nitrogen and oxygen atoms in total. The van der Waals surface area contributed by atoms with Gasteiger partial charge in [0, 0.05) is 18.7 Å². The zero-order valence-corrected chi connectivity index (χ0v) is 11.0. The van der Waals surface area contributed by atoms with Crippen molar-refractivity contribution in [3.8, 4) is 0 Å². The van der Waals surface area contributed by atoms with Crippen molar-refractivity contribution < 1.29 is 4.79 Å². The Kier molecular flexibility index (Phi) is 4.57. The van der Waals surface area contributed by atoms with E-state index in [0.29, 0.717) is 6.04 Å². The number of nitrogens with zero attached hydrogens (tertiary/aromatic N) is 1. The maximum absolute atomic E-state index is 12.2. The first kappa shape index (κ1) is 12.9. The zero-order chi connectivity index (χ0) is 12.8. The van der Waals surface area contributed by atoms with Crippen LogP contribution in [0, 0.1) is 0 Å². The molecule has 2 heteroatoms. The van der Waals surface area contributed by atoms with Crippen molar-refractivity contribution in [3.05, 3.63) is 42.0 Å². The highest BCUT2D eigenvalue weighted by Crippen LogP contribution is 2.19. The summed E-state index contributed by atoms with van der Waals surface area (Å²) in [6.07, 6.45) is 8.23. The van der Waals surface area contributed by atoms with Gasteiger partial charge in [-0.2, -0.15) is 0 Å². The number of amides is 1. The van der Waals surface area contributed by atoms with Crippen LogP contribution in [0.1, 0.15) is 38.2 Å². The molecule has 0 saturated carbocycles. The van der Waals surface area contributed by atoms with Gasteiger partial charge in [-0.1, -0.05) is 37.3 Å². The number of carbonyl (C=O) groups is 1. The molecule has 1 aromatic rings. The van der Waals surface area contributed by atoms with Crippen LogP contribution in [-0.4, -0.2) is 23.4 Å². The molecule has 0 aromatic heterocycles. The molecule has 1 aliphatic rings. The van der Waals surface area contributed by atoms with Crippen molar-refractivity contribution in [1.82, 2.24) is 4.90 Å². The van der Waals surface area contributed by atoms with Crippen LogP contribution in [-0.2, 0) is 4.79 Å². The van der Waals surface area contributed by atoms with Gasteiger partial charge < -0.3 is 4.90 Å². The van der Waals surface area contributed by atoms with Crippen LogP contribution < -0.4 is 0 Å². The second-order valence-corrected chi connectivity index (χ2v) is 4.83. The highest BCUT2D eigenvalue weighted by molar-refractivity contribution is 5.92. The monoisotopic (exact) mass is 243 g/mol. The van der Waals surface area contributed by atoms with Gasteiger partial charge in [-0.25, -0.2) is 0 Å². The first-order valence-corrected chi connectivity index (χ1v) is 6.85. The maximum atomic E-state index is 12.2. The predicted octanol–water partition coefficient (Wildman–Crippen LogP) is 3.49. The molecule has 0 bridgehead atoms. The van der Waals surface area contributed by atoms with Gasteiger partial charge in [-0.05, 0) is 37.3 Å². The lowest BCUT2D eigenvalue weighted by Crippen LogP contribution is -2.42. The van der Waals surface area contributed by atoms with Crippen LogP contribution in [0.4, 0.5) is 0 Å². The molecule has 0 unspecified atom stereocenters. The fourth-order valence-electron chi connectivity index (χ4n) is 2.54. The molecule has 1 fully saturated rings. The van der Waals surface area contributed by atoms with Gasteiger partial charge >= 0.3 is 0 Å². The van der Waals surface area contributed by atoms with E-state index in [-0.39, 0.29) is 5.91 Å². The van der Waals surface area contributed by atoms with Crippen molar-refractivity contribution in [2.24, 2.45) is 0 Å². The Bertz CT molecular complexity index is 410. The van der Waals surface area contributed by atoms with Gasteiger partial charge in [0.1, 0.15) is 0 Å². The van der Waals surface area contributed by atoms with Crippen LogP contribution in [0.3, 0.4) is 0 Å². The van der Waals surface area contributed by atoms with Gasteiger partial charge in [0.25, 0.3) is 0 Å². The second kappa shape index (κ2) is 6.39. The lowest BCUT2D eigenvalue weighted by atomic mass is 10.00. The molecule has 0 radical (unpaired) electrons. The summed E-state index contributed by atoms with van der Waals surface area (Å²) in [6.45, 7) is 3.08. The largest absolute Gasteiger partial charge is 0.336 e. The van der Waals surface area contributed by atoms with Gasteiger partial charge in [0.15, 0.2) is 0 Å². The average molecular weight is 243 g/mol. The SMILES string of the molecule is CC[C@H]1CCCCN1C(=O)/C=C/c1ccccc1. The number of hydrogen-bond donors (Lipinski definition) is 0. The number of carbonyl (C=O) groups excluding carboxylic acids is 1. The summed E-state index contributed by atoms with van der Waals surface area (Å²) < 4.78 is 0. The van der Waals surface area contributed by atoms with Crippen LogP contribution in [0.15, 0.2) is 36.4 Å². The minimum atomic E-state index is 0.158. The van der Waals surface area contributed by atoms with Crippen molar-refractivity contribution in [2.45, 2.75) is 38.6 Å².